The van der Waals surface area contributed by atoms with Crippen LogP contribution in [0.5, 0.6) is 0 Å². The molecule has 1 rings (SSSR count). The van der Waals surface area contributed by atoms with Gasteiger partial charge in [0.15, 0.2) is 0 Å². The van der Waals surface area contributed by atoms with Gasteiger partial charge in [-0.2, -0.15) is 11.8 Å². The first-order valence-corrected chi connectivity index (χ1v) is 8.40. The number of aromatic nitrogens is 1. The molecule has 0 aromatic carbocycles. The van der Waals surface area contributed by atoms with Gasteiger partial charge in [0.25, 0.3) is 0 Å². The molecule has 0 unspecified atom stereocenters. The van der Waals surface area contributed by atoms with Crippen LogP contribution in [0.1, 0.15) is 43.3 Å². The van der Waals surface area contributed by atoms with Crippen LogP contribution >= 0.6 is 23.1 Å². The first kappa shape index (κ1) is 15.0. The van der Waals surface area contributed by atoms with E-state index in [0.29, 0.717) is 5.92 Å². The Kier molecular flexibility index (Phi) is 7.16. The van der Waals surface area contributed by atoms with Crippen molar-refractivity contribution >= 4 is 23.1 Å². The molecule has 0 radical (unpaired) electrons. The molecule has 1 aromatic rings. The van der Waals surface area contributed by atoms with Gasteiger partial charge in [0.05, 0.1) is 5.69 Å². The molecule has 0 aliphatic rings. The average Bonchev–Trinajstić information content (AvgIpc) is 2.65. The van der Waals surface area contributed by atoms with Crippen molar-refractivity contribution in [3.63, 3.8) is 0 Å². The molecule has 0 saturated heterocycles. The Morgan fingerprint density at radius 1 is 1.35 bits per heavy atom. The summed E-state index contributed by atoms with van der Waals surface area (Å²) in [6, 6.07) is 0. The summed E-state index contributed by atoms with van der Waals surface area (Å²) in [6.07, 6.45) is 1.11. The van der Waals surface area contributed by atoms with Gasteiger partial charge in [0.1, 0.15) is 5.01 Å². The van der Waals surface area contributed by atoms with E-state index in [-0.39, 0.29) is 0 Å². The Bertz CT molecular complexity index is 321. The zero-order valence-corrected chi connectivity index (χ0v) is 13.0. The van der Waals surface area contributed by atoms with Crippen molar-refractivity contribution in [2.45, 2.75) is 46.4 Å². The molecule has 98 valence electrons. The van der Waals surface area contributed by atoms with Crippen LogP contribution in [-0.4, -0.2) is 17.3 Å². The van der Waals surface area contributed by atoms with Crippen molar-refractivity contribution in [1.29, 1.82) is 0 Å². The van der Waals surface area contributed by atoms with Gasteiger partial charge in [-0.15, -0.1) is 11.3 Å². The summed E-state index contributed by atoms with van der Waals surface area (Å²) in [5.41, 5.74) is 1.32. The lowest BCUT2D eigenvalue weighted by Crippen LogP contribution is -2.12. The standard InChI is InChI=1S/C13H24N2S2/c1-5-14-8-12-11(7-10(3)4)15-13(17-12)9-16-6-2/h10,14H,5-9H2,1-4H3. The SMILES string of the molecule is CCNCc1sc(CSCC)nc1CC(C)C. The number of thioether (sulfide) groups is 1. The van der Waals surface area contributed by atoms with E-state index in [9.17, 15) is 0 Å². The molecule has 0 aliphatic carbocycles. The second-order valence-electron chi connectivity index (χ2n) is 4.49. The van der Waals surface area contributed by atoms with Crippen molar-refractivity contribution in [1.82, 2.24) is 10.3 Å². The number of hydrogen-bond acceptors (Lipinski definition) is 4. The van der Waals surface area contributed by atoms with Gasteiger partial charge in [-0.25, -0.2) is 4.98 Å². The van der Waals surface area contributed by atoms with Gasteiger partial charge in [0, 0.05) is 17.2 Å². The summed E-state index contributed by atoms with van der Waals surface area (Å²) in [7, 11) is 0. The van der Waals surface area contributed by atoms with Crippen molar-refractivity contribution in [2.75, 3.05) is 12.3 Å². The zero-order chi connectivity index (χ0) is 12.7. The van der Waals surface area contributed by atoms with Gasteiger partial charge in [-0.1, -0.05) is 27.7 Å². The number of rotatable bonds is 8. The minimum absolute atomic E-state index is 0.684. The van der Waals surface area contributed by atoms with Crippen LogP contribution in [0.25, 0.3) is 0 Å². The number of hydrogen-bond donors (Lipinski definition) is 1. The number of nitrogens with one attached hydrogen (secondary N) is 1. The van der Waals surface area contributed by atoms with Crippen LogP contribution < -0.4 is 5.32 Å². The first-order valence-electron chi connectivity index (χ1n) is 6.43. The predicted molar refractivity (Wildman–Crippen MR) is 79.9 cm³/mol. The van der Waals surface area contributed by atoms with Gasteiger partial charge in [0.2, 0.25) is 0 Å². The highest BCUT2D eigenvalue weighted by Crippen LogP contribution is 2.24. The lowest BCUT2D eigenvalue weighted by atomic mass is 10.1. The van der Waals surface area contributed by atoms with Gasteiger partial charge < -0.3 is 5.32 Å². The highest BCUT2D eigenvalue weighted by Gasteiger charge is 2.11. The molecule has 1 heterocycles. The summed E-state index contributed by atoms with van der Waals surface area (Å²) < 4.78 is 0. The Morgan fingerprint density at radius 2 is 2.12 bits per heavy atom. The smallest absolute Gasteiger partial charge is 0.103 e. The third-order valence-corrected chi connectivity index (χ3v) is 4.56. The molecule has 0 aliphatic heterocycles. The molecule has 0 saturated carbocycles. The van der Waals surface area contributed by atoms with Crippen molar-refractivity contribution in [3.8, 4) is 0 Å². The minimum Gasteiger partial charge on any atom is -0.312 e. The first-order chi connectivity index (χ1) is 8.17. The van der Waals surface area contributed by atoms with E-state index in [1.807, 2.05) is 23.1 Å². The topological polar surface area (TPSA) is 24.9 Å². The summed E-state index contributed by atoms with van der Waals surface area (Å²) >= 11 is 3.84. The molecule has 4 heteroatoms. The van der Waals surface area contributed by atoms with Crippen LogP contribution in [0, 0.1) is 5.92 Å². The lowest BCUT2D eigenvalue weighted by Gasteiger charge is -2.04. The largest absolute Gasteiger partial charge is 0.312 e. The monoisotopic (exact) mass is 272 g/mol. The van der Waals surface area contributed by atoms with Gasteiger partial charge in [-0.05, 0) is 24.6 Å². The van der Waals surface area contributed by atoms with E-state index in [1.54, 1.807) is 0 Å². The van der Waals surface area contributed by atoms with E-state index >= 15 is 0 Å². The van der Waals surface area contributed by atoms with E-state index in [2.05, 4.69) is 33.0 Å². The Labute approximate surface area is 114 Å². The summed E-state index contributed by atoms with van der Waals surface area (Å²) in [6.45, 7) is 10.9. The molecular weight excluding hydrogens is 248 g/mol. The van der Waals surface area contributed by atoms with Crippen LogP contribution in [0.4, 0.5) is 0 Å². The zero-order valence-electron chi connectivity index (χ0n) is 11.4. The van der Waals surface area contributed by atoms with Crippen LogP contribution in [-0.2, 0) is 18.7 Å². The Hall–Kier alpha value is -0.0600. The highest BCUT2D eigenvalue weighted by molar-refractivity contribution is 7.98. The lowest BCUT2D eigenvalue weighted by molar-refractivity contribution is 0.626. The normalized spacial score (nSPS) is 11.4. The Balaban J connectivity index is 2.71. The molecule has 0 fully saturated rings. The van der Waals surface area contributed by atoms with Crippen molar-refractivity contribution < 1.29 is 0 Å². The number of thiazole rings is 1. The quantitative estimate of drug-likeness (QED) is 0.781. The predicted octanol–water partition coefficient (Wildman–Crippen LogP) is 3.70. The summed E-state index contributed by atoms with van der Waals surface area (Å²) in [5, 5.41) is 4.70. The molecule has 0 spiro atoms. The highest BCUT2D eigenvalue weighted by atomic mass is 32.2. The molecule has 0 bridgehead atoms. The van der Waals surface area contributed by atoms with E-state index < -0.39 is 0 Å². The minimum atomic E-state index is 0.684. The van der Waals surface area contributed by atoms with Gasteiger partial charge in [-0.3, -0.25) is 0 Å². The van der Waals surface area contributed by atoms with E-state index in [4.69, 9.17) is 4.98 Å². The fourth-order valence-electron chi connectivity index (χ4n) is 1.61. The molecule has 0 atom stereocenters. The molecule has 0 amide bonds. The third-order valence-electron chi connectivity index (χ3n) is 2.39. The fourth-order valence-corrected chi connectivity index (χ4v) is 3.40. The number of nitrogens with zero attached hydrogens (tertiary/aromatic N) is 1. The molecule has 17 heavy (non-hydrogen) atoms. The van der Waals surface area contributed by atoms with E-state index in [0.717, 1.165) is 25.3 Å². The third kappa shape index (κ3) is 5.40. The molecule has 2 nitrogen and oxygen atoms in total. The van der Waals surface area contributed by atoms with E-state index in [1.165, 1.54) is 21.3 Å². The van der Waals surface area contributed by atoms with Crippen molar-refractivity contribution in [2.24, 2.45) is 5.92 Å². The second-order valence-corrected chi connectivity index (χ2v) is 6.94. The maximum Gasteiger partial charge on any atom is 0.103 e. The Morgan fingerprint density at radius 3 is 2.71 bits per heavy atom. The second kappa shape index (κ2) is 8.11. The maximum absolute atomic E-state index is 4.80. The molecule has 1 aromatic heterocycles. The van der Waals surface area contributed by atoms with Crippen LogP contribution in [0.2, 0.25) is 0 Å². The summed E-state index contributed by atoms with van der Waals surface area (Å²) in [4.78, 5) is 6.24. The molecular formula is C13H24N2S2. The van der Waals surface area contributed by atoms with Crippen LogP contribution in [0.15, 0.2) is 0 Å². The van der Waals surface area contributed by atoms with Crippen LogP contribution in [0.3, 0.4) is 0 Å². The van der Waals surface area contributed by atoms with Crippen molar-refractivity contribution in [3.05, 3.63) is 15.6 Å². The maximum atomic E-state index is 4.80. The fraction of sp³-hybridized carbons (Fsp3) is 0.769. The van der Waals surface area contributed by atoms with Gasteiger partial charge >= 0.3 is 0 Å². The average molecular weight is 272 g/mol. The molecule has 1 N–H and O–H groups in total. The summed E-state index contributed by atoms with van der Waals surface area (Å²) in [5.74, 6) is 2.92.